The normalized spacial score (nSPS) is 33.4. The van der Waals surface area contributed by atoms with Crippen molar-refractivity contribution in [3.05, 3.63) is 0 Å². The predicted molar refractivity (Wildman–Crippen MR) is 76.6 cm³/mol. The molecule has 3 N–H and O–H groups in total. The van der Waals surface area contributed by atoms with Crippen LogP contribution in [0.5, 0.6) is 0 Å². The maximum Gasteiger partial charge on any atom is 0.237 e. The van der Waals surface area contributed by atoms with Crippen molar-refractivity contribution in [3.8, 4) is 0 Å². The number of amides is 1. The molecule has 2 fully saturated rings. The number of carbonyl (C=O) groups is 1. The topological polar surface area (TPSA) is 95.7 Å². The van der Waals surface area contributed by atoms with E-state index in [1.165, 1.54) is 10.6 Å². The lowest BCUT2D eigenvalue weighted by atomic mass is 9.96. The molecule has 2 unspecified atom stereocenters. The Morgan fingerprint density at radius 3 is 2.30 bits per heavy atom. The summed E-state index contributed by atoms with van der Waals surface area (Å²) in [5.74, 6) is -0.294. The van der Waals surface area contributed by atoms with Crippen LogP contribution >= 0.6 is 0 Å². The Hall–Kier alpha value is -0.700. The van der Waals surface area contributed by atoms with Gasteiger partial charge in [0, 0.05) is 32.2 Å². The second-order valence-electron chi connectivity index (χ2n) is 5.79. The van der Waals surface area contributed by atoms with E-state index in [9.17, 15) is 13.2 Å². The summed E-state index contributed by atoms with van der Waals surface area (Å²) >= 11 is 0. The number of piperazine rings is 1. The quantitative estimate of drug-likeness (QED) is 0.663. The number of nitrogens with zero attached hydrogens (tertiary/aromatic N) is 2. The zero-order valence-corrected chi connectivity index (χ0v) is 12.9. The van der Waals surface area contributed by atoms with Gasteiger partial charge in [-0.2, -0.15) is 4.31 Å². The van der Waals surface area contributed by atoms with E-state index in [0.717, 1.165) is 25.9 Å². The number of hydrogen-bond donors (Lipinski definition) is 2. The van der Waals surface area contributed by atoms with Gasteiger partial charge in [0.25, 0.3) is 0 Å². The number of primary amides is 1. The number of likely N-dealkylation sites (N-methyl/N-ethyl adjacent to an activating group) is 1. The van der Waals surface area contributed by atoms with Crippen LogP contribution in [0.2, 0.25) is 0 Å². The third kappa shape index (κ3) is 2.98. The maximum atomic E-state index is 11.6. The minimum absolute atomic E-state index is 0.294. The van der Waals surface area contributed by atoms with Gasteiger partial charge in [0.2, 0.25) is 15.9 Å². The highest BCUT2D eigenvalue weighted by atomic mass is 32.2. The van der Waals surface area contributed by atoms with Gasteiger partial charge in [0.05, 0.1) is 11.8 Å². The molecule has 1 aliphatic heterocycles. The molecule has 0 bridgehead atoms. The van der Waals surface area contributed by atoms with Crippen molar-refractivity contribution in [1.82, 2.24) is 14.5 Å². The smallest absolute Gasteiger partial charge is 0.237 e. The fourth-order valence-electron chi connectivity index (χ4n) is 3.31. The lowest BCUT2D eigenvalue weighted by molar-refractivity contribution is -0.124. The molecule has 7 nitrogen and oxygen atoms in total. The molecule has 0 radical (unpaired) electrons. The number of sulfonamides is 1. The van der Waals surface area contributed by atoms with E-state index in [2.05, 4.69) is 10.2 Å². The van der Waals surface area contributed by atoms with Crippen molar-refractivity contribution in [2.75, 3.05) is 39.5 Å². The molecule has 0 spiro atoms. The number of rotatable bonds is 4. The second kappa shape index (κ2) is 5.59. The average molecular weight is 304 g/mol. The van der Waals surface area contributed by atoms with Crippen molar-refractivity contribution in [3.63, 3.8) is 0 Å². The average Bonchev–Trinajstić information content (AvgIpc) is 2.83. The Morgan fingerprint density at radius 1 is 1.30 bits per heavy atom. The highest BCUT2D eigenvalue weighted by Gasteiger charge is 2.45. The lowest BCUT2D eigenvalue weighted by Crippen LogP contribution is -2.55. The first kappa shape index (κ1) is 15.7. The van der Waals surface area contributed by atoms with Crippen LogP contribution in [0.1, 0.15) is 19.3 Å². The van der Waals surface area contributed by atoms with E-state index in [0.29, 0.717) is 25.6 Å². The zero-order chi connectivity index (χ0) is 15.0. The van der Waals surface area contributed by atoms with Crippen LogP contribution < -0.4 is 11.1 Å². The van der Waals surface area contributed by atoms with Gasteiger partial charge in [-0.15, -0.1) is 0 Å². The molecule has 1 heterocycles. The van der Waals surface area contributed by atoms with Crippen molar-refractivity contribution in [2.24, 2.45) is 5.73 Å². The molecular formula is C12H24N4O3S. The van der Waals surface area contributed by atoms with Crippen molar-refractivity contribution in [1.29, 1.82) is 0 Å². The summed E-state index contributed by atoms with van der Waals surface area (Å²) in [5, 5.41) is 3.07. The van der Waals surface area contributed by atoms with E-state index in [4.69, 9.17) is 5.73 Å². The van der Waals surface area contributed by atoms with Crippen LogP contribution in [0.3, 0.4) is 0 Å². The van der Waals surface area contributed by atoms with Gasteiger partial charge in [-0.25, -0.2) is 8.42 Å². The minimum Gasteiger partial charge on any atom is -0.368 e. The Bertz CT molecular complexity index is 473. The summed E-state index contributed by atoms with van der Waals surface area (Å²) in [6.07, 6.45) is 3.62. The van der Waals surface area contributed by atoms with Crippen LogP contribution in [0.15, 0.2) is 0 Å². The van der Waals surface area contributed by atoms with Crippen molar-refractivity contribution >= 4 is 15.9 Å². The molecule has 1 amide bonds. The number of hydrogen-bond acceptors (Lipinski definition) is 5. The molecule has 0 aromatic rings. The first-order valence-electron chi connectivity index (χ1n) is 6.96. The van der Waals surface area contributed by atoms with E-state index < -0.39 is 15.6 Å². The van der Waals surface area contributed by atoms with Crippen LogP contribution in [0, 0.1) is 0 Å². The second-order valence-corrected chi connectivity index (χ2v) is 7.77. The molecule has 2 atom stereocenters. The SMILES string of the molecule is CNC1(C(N)=O)CCC(N2CCN(S(C)(=O)=O)CC2)C1. The third-order valence-corrected chi connectivity index (χ3v) is 6.00. The van der Waals surface area contributed by atoms with Gasteiger partial charge >= 0.3 is 0 Å². The highest BCUT2D eigenvalue weighted by molar-refractivity contribution is 7.88. The van der Waals surface area contributed by atoms with E-state index >= 15 is 0 Å². The Labute approximate surface area is 120 Å². The van der Waals surface area contributed by atoms with Crippen molar-refractivity contribution < 1.29 is 13.2 Å². The maximum absolute atomic E-state index is 11.6. The molecule has 0 aromatic heterocycles. The van der Waals surface area contributed by atoms with E-state index in [1.54, 1.807) is 7.05 Å². The first-order valence-corrected chi connectivity index (χ1v) is 8.81. The summed E-state index contributed by atoms with van der Waals surface area (Å²) in [6.45, 7) is 2.49. The minimum atomic E-state index is -3.09. The summed E-state index contributed by atoms with van der Waals surface area (Å²) < 4.78 is 24.5. The molecule has 116 valence electrons. The molecule has 2 rings (SSSR count). The van der Waals surface area contributed by atoms with Crippen LogP contribution in [-0.4, -0.2) is 74.6 Å². The van der Waals surface area contributed by atoms with E-state index in [-0.39, 0.29) is 5.91 Å². The monoisotopic (exact) mass is 304 g/mol. The number of nitrogens with two attached hydrogens (primary N) is 1. The Kier molecular flexibility index (Phi) is 4.38. The summed E-state index contributed by atoms with van der Waals surface area (Å²) in [6, 6.07) is 0.302. The molecule has 1 aliphatic carbocycles. The fourth-order valence-corrected chi connectivity index (χ4v) is 4.13. The molecule has 0 aromatic carbocycles. The molecule has 1 saturated carbocycles. The fraction of sp³-hybridized carbons (Fsp3) is 0.917. The first-order chi connectivity index (χ1) is 9.28. The summed E-state index contributed by atoms with van der Waals surface area (Å²) in [5.41, 5.74) is 4.91. The Morgan fingerprint density at radius 2 is 1.90 bits per heavy atom. The third-order valence-electron chi connectivity index (χ3n) is 4.70. The summed E-state index contributed by atoms with van der Waals surface area (Å²) in [4.78, 5) is 13.9. The zero-order valence-electron chi connectivity index (χ0n) is 12.1. The Balaban J connectivity index is 1.95. The predicted octanol–water partition coefficient (Wildman–Crippen LogP) is -1.44. The molecular weight excluding hydrogens is 280 g/mol. The summed E-state index contributed by atoms with van der Waals surface area (Å²) in [7, 11) is -1.32. The van der Waals surface area contributed by atoms with Gasteiger partial charge in [-0.1, -0.05) is 0 Å². The van der Waals surface area contributed by atoms with Gasteiger partial charge < -0.3 is 11.1 Å². The highest BCUT2D eigenvalue weighted by Crippen LogP contribution is 2.33. The largest absolute Gasteiger partial charge is 0.368 e. The molecule has 1 saturated heterocycles. The molecule has 20 heavy (non-hydrogen) atoms. The van der Waals surface area contributed by atoms with Crippen molar-refractivity contribution in [2.45, 2.75) is 30.8 Å². The standard InChI is InChI=1S/C12H24N4O3S/c1-14-12(11(13)17)4-3-10(9-12)15-5-7-16(8-6-15)20(2,18)19/h10,14H,3-9H2,1-2H3,(H2,13,17). The van der Waals surface area contributed by atoms with Gasteiger partial charge in [-0.05, 0) is 26.3 Å². The van der Waals surface area contributed by atoms with Gasteiger partial charge in [-0.3, -0.25) is 9.69 Å². The van der Waals surface area contributed by atoms with Gasteiger partial charge in [0.1, 0.15) is 0 Å². The van der Waals surface area contributed by atoms with Gasteiger partial charge in [0.15, 0.2) is 0 Å². The lowest BCUT2D eigenvalue weighted by Gasteiger charge is -2.37. The van der Waals surface area contributed by atoms with Crippen LogP contribution in [0.25, 0.3) is 0 Å². The van der Waals surface area contributed by atoms with Crippen LogP contribution in [-0.2, 0) is 14.8 Å². The van der Waals surface area contributed by atoms with E-state index in [1.807, 2.05) is 0 Å². The molecule has 2 aliphatic rings. The number of carbonyl (C=O) groups excluding carboxylic acids is 1. The number of nitrogens with one attached hydrogen (secondary N) is 1. The van der Waals surface area contributed by atoms with Crippen LogP contribution in [0.4, 0.5) is 0 Å². The molecule has 8 heteroatoms.